The van der Waals surface area contributed by atoms with E-state index in [1.807, 2.05) is 0 Å². The van der Waals surface area contributed by atoms with E-state index in [2.05, 4.69) is 71.1 Å². The molecule has 0 saturated heterocycles. The highest BCUT2D eigenvalue weighted by molar-refractivity contribution is 5.29. The van der Waals surface area contributed by atoms with Crippen molar-refractivity contribution in [1.29, 1.82) is 0 Å². The first-order chi connectivity index (χ1) is 9.22. The van der Waals surface area contributed by atoms with Crippen LogP contribution >= 0.6 is 0 Å². The third-order valence-corrected chi connectivity index (χ3v) is 4.35. The van der Waals surface area contributed by atoms with Gasteiger partial charge in [0.1, 0.15) is 0 Å². The number of hydrogen-bond donors (Lipinski definition) is 2. The van der Waals surface area contributed by atoms with Gasteiger partial charge in [0.2, 0.25) is 0 Å². The molecule has 0 amide bonds. The van der Waals surface area contributed by atoms with E-state index in [1.54, 1.807) is 0 Å². The maximum atomic E-state index is 9.45. The number of aliphatic hydroxyl groups is 1. The monoisotopic (exact) mass is 277 g/mol. The minimum atomic E-state index is -0.0282. The Kier molecular flexibility index (Phi) is 5.79. The summed E-state index contributed by atoms with van der Waals surface area (Å²) in [5.41, 5.74) is 2.84. The van der Waals surface area contributed by atoms with Crippen LogP contribution in [0.1, 0.15) is 65.1 Å². The Morgan fingerprint density at radius 1 is 1.10 bits per heavy atom. The van der Waals surface area contributed by atoms with Crippen LogP contribution in [0.15, 0.2) is 24.3 Å². The van der Waals surface area contributed by atoms with Crippen molar-refractivity contribution in [2.45, 2.75) is 59.4 Å². The molecule has 20 heavy (non-hydrogen) atoms. The molecule has 0 radical (unpaired) electrons. The van der Waals surface area contributed by atoms with Gasteiger partial charge in [0, 0.05) is 24.6 Å². The predicted octanol–water partition coefficient (Wildman–Crippen LogP) is 4.04. The fourth-order valence-electron chi connectivity index (χ4n) is 2.08. The first kappa shape index (κ1) is 17.2. The fourth-order valence-corrected chi connectivity index (χ4v) is 2.08. The molecule has 114 valence electrons. The maximum absolute atomic E-state index is 9.45. The van der Waals surface area contributed by atoms with Crippen LogP contribution < -0.4 is 5.32 Å². The highest BCUT2D eigenvalue weighted by Crippen LogP contribution is 2.25. The first-order valence-electron chi connectivity index (χ1n) is 7.66. The van der Waals surface area contributed by atoms with Gasteiger partial charge in [-0.15, -0.1) is 0 Å². The van der Waals surface area contributed by atoms with Crippen molar-refractivity contribution in [3.8, 4) is 0 Å². The number of nitrogens with one attached hydrogen (secondary N) is 1. The summed E-state index contributed by atoms with van der Waals surface area (Å²) in [6.45, 7) is 14.2. The molecule has 1 aromatic rings. The van der Waals surface area contributed by atoms with E-state index < -0.39 is 0 Å². The third kappa shape index (κ3) is 4.60. The Hall–Kier alpha value is -0.860. The summed E-state index contributed by atoms with van der Waals surface area (Å²) < 4.78 is 0. The quantitative estimate of drug-likeness (QED) is 0.822. The lowest BCUT2D eigenvalue weighted by atomic mass is 9.86. The molecule has 2 heteroatoms. The van der Waals surface area contributed by atoms with E-state index in [1.165, 1.54) is 11.1 Å². The maximum Gasteiger partial charge on any atom is 0.0496 e. The van der Waals surface area contributed by atoms with Crippen LogP contribution in [-0.4, -0.2) is 18.3 Å². The van der Waals surface area contributed by atoms with E-state index in [9.17, 15) is 5.11 Å². The summed E-state index contributed by atoms with van der Waals surface area (Å²) in [7, 11) is 0. The Morgan fingerprint density at radius 2 is 1.65 bits per heavy atom. The van der Waals surface area contributed by atoms with E-state index in [-0.39, 0.29) is 17.4 Å². The first-order valence-corrected chi connectivity index (χ1v) is 7.66. The van der Waals surface area contributed by atoms with Gasteiger partial charge in [-0.25, -0.2) is 0 Å². The van der Waals surface area contributed by atoms with Gasteiger partial charge in [0.05, 0.1) is 0 Å². The molecule has 0 aromatic heterocycles. The minimum Gasteiger partial charge on any atom is -0.396 e. The Morgan fingerprint density at radius 3 is 2.05 bits per heavy atom. The molecule has 0 bridgehead atoms. The molecule has 0 aliphatic heterocycles. The number of aliphatic hydroxyl groups excluding tert-OH is 1. The predicted molar refractivity (Wildman–Crippen MR) is 87.0 cm³/mol. The van der Waals surface area contributed by atoms with Crippen LogP contribution in [0.25, 0.3) is 0 Å². The van der Waals surface area contributed by atoms with Crippen molar-refractivity contribution in [1.82, 2.24) is 5.32 Å². The summed E-state index contributed by atoms with van der Waals surface area (Å²) in [6, 6.07) is 9.17. The highest BCUT2D eigenvalue weighted by atomic mass is 16.3. The van der Waals surface area contributed by atoms with Crippen LogP contribution in [0.5, 0.6) is 0 Å². The van der Waals surface area contributed by atoms with Crippen molar-refractivity contribution in [3.05, 3.63) is 35.4 Å². The molecule has 1 aromatic carbocycles. The minimum absolute atomic E-state index is 0.0282. The van der Waals surface area contributed by atoms with Gasteiger partial charge < -0.3 is 10.4 Å². The van der Waals surface area contributed by atoms with Gasteiger partial charge in [-0.3, -0.25) is 0 Å². The van der Waals surface area contributed by atoms with E-state index >= 15 is 0 Å². The molecule has 2 unspecified atom stereocenters. The smallest absolute Gasteiger partial charge is 0.0496 e. The van der Waals surface area contributed by atoms with Gasteiger partial charge in [0.15, 0.2) is 0 Å². The Bertz CT molecular complexity index is 398. The van der Waals surface area contributed by atoms with Crippen LogP contribution in [0.2, 0.25) is 0 Å². The van der Waals surface area contributed by atoms with E-state index in [0.29, 0.717) is 6.04 Å². The second-order valence-electron chi connectivity index (χ2n) is 7.30. The molecule has 0 fully saturated rings. The topological polar surface area (TPSA) is 32.3 Å². The molecule has 0 heterocycles. The van der Waals surface area contributed by atoms with Gasteiger partial charge in [-0.05, 0) is 29.9 Å². The average molecular weight is 277 g/mol. The molecule has 1 rings (SSSR count). The molecule has 0 aliphatic carbocycles. The average Bonchev–Trinajstić information content (AvgIpc) is 2.43. The number of hydrogen-bond acceptors (Lipinski definition) is 2. The van der Waals surface area contributed by atoms with Gasteiger partial charge in [0.25, 0.3) is 0 Å². The molecule has 2 nitrogen and oxygen atoms in total. The molecule has 0 aliphatic rings. The zero-order valence-corrected chi connectivity index (χ0v) is 14.0. The standard InChI is InChI=1S/C18H31NO/c1-7-18(6,13-20)12-19-14(2)15-8-10-16(11-9-15)17(3,4)5/h8-11,14,19-20H,7,12-13H2,1-6H3. The second kappa shape index (κ2) is 6.73. The van der Waals surface area contributed by atoms with E-state index in [4.69, 9.17) is 0 Å². The van der Waals surface area contributed by atoms with Crippen molar-refractivity contribution in [2.75, 3.05) is 13.2 Å². The van der Waals surface area contributed by atoms with E-state index in [0.717, 1.165) is 13.0 Å². The van der Waals surface area contributed by atoms with Crippen LogP contribution in [0.4, 0.5) is 0 Å². The summed E-state index contributed by atoms with van der Waals surface area (Å²) in [5.74, 6) is 0. The third-order valence-electron chi connectivity index (χ3n) is 4.35. The fraction of sp³-hybridized carbons (Fsp3) is 0.667. The van der Waals surface area contributed by atoms with Crippen molar-refractivity contribution in [3.63, 3.8) is 0 Å². The molecular weight excluding hydrogens is 246 g/mol. The van der Waals surface area contributed by atoms with Gasteiger partial charge in [-0.1, -0.05) is 58.9 Å². The lowest BCUT2D eigenvalue weighted by Crippen LogP contribution is -2.35. The van der Waals surface area contributed by atoms with Gasteiger partial charge >= 0.3 is 0 Å². The molecule has 0 saturated carbocycles. The van der Waals surface area contributed by atoms with Crippen molar-refractivity contribution in [2.24, 2.45) is 5.41 Å². The van der Waals surface area contributed by atoms with Crippen LogP contribution in [0, 0.1) is 5.41 Å². The molecule has 2 N–H and O–H groups in total. The summed E-state index contributed by atoms with van der Waals surface area (Å²) in [6.07, 6.45) is 0.978. The largest absolute Gasteiger partial charge is 0.396 e. The zero-order chi connectivity index (χ0) is 15.4. The highest BCUT2D eigenvalue weighted by Gasteiger charge is 2.21. The number of benzene rings is 1. The Labute approximate surface area is 124 Å². The second-order valence-corrected chi connectivity index (χ2v) is 7.30. The van der Waals surface area contributed by atoms with Gasteiger partial charge in [-0.2, -0.15) is 0 Å². The normalized spacial score (nSPS) is 16.8. The van der Waals surface area contributed by atoms with Crippen LogP contribution in [-0.2, 0) is 5.41 Å². The van der Waals surface area contributed by atoms with Crippen molar-refractivity contribution >= 4 is 0 Å². The molecule has 0 spiro atoms. The summed E-state index contributed by atoms with van der Waals surface area (Å²) in [5, 5.41) is 13.0. The molecular formula is C18H31NO. The SMILES string of the molecule is CCC(C)(CO)CNC(C)c1ccc(C(C)(C)C)cc1. The zero-order valence-electron chi connectivity index (χ0n) is 14.0. The summed E-state index contributed by atoms with van der Waals surface area (Å²) in [4.78, 5) is 0. The molecule has 2 atom stereocenters. The number of rotatable bonds is 6. The Balaban J connectivity index is 2.67. The lowest BCUT2D eigenvalue weighted by Gasteiger charge is -2.28. The summed E-state index contributed by atoms with van der Waals surface area (Å²) >= 11 is 0. The van der Waals surface area contributed by atoms with Crippen molar-refractivity contribution < 1.29 is 5.11 Å². The lowest BCUT2D eigenvalue weighted by molar-refractivity contribution is 0.132. The van der Waals surface area contributed by atoms with Crippen LogP contribution in [0.3, 0.4) is 0 Å².